The summed E-state index contributed by atoms with van der Waals surface area (Å²) in [6.45, 7) is 0.763. The highest BCUT2D eigenvalue weighted by molar-refractivity contribution is 6.34. The normalized spacial score (nSPS) is 18.6. The quantitative estimate of drug-likeness (QED) is 0.813. The van der Waals surface area contributed by atoms with E-state index >= 15 is 0 Å². The molecule has 19 heavy (non-hydrogen) atoms. The zero-order chi connectivity index (χ0) is 13.4. The molecule has 1 aromatic rings. The van der Waals surface area contributed by atoms with Crippen molar-refractivity contribution in [2.75, 3.05) is 12.3 Å². The van der Waals surface area contributed by atoms with Crippen LogP contribution < -0.4 is 11.1 Å². The van der Waals surface area contributed by atoms with Crippen molar-refractivity contribution in [3.8, 4) is 0 Å². The molecule has 2 fully saturated rings. The molecule has 0 saturated heterocycles. The van der Waals surface area contributed by atoms with Gasteiger partial charge in [0.15, 0.2) is 0 Å². The summed E-state index contributed by atoms with van der Waals surface area (Å²) in [6, 6.07) is 5.16. The summed E-state index contributed by atoms with van der Waals surface area (Å²) in [6.07, 6.45) is 5.30. The fraction of sp³-hybridized carbons (Fsp3) is 0.533. The third-order valence-corrected chi connectivity index (χ3v) is 4.54. The number of halogens is 1. The summed E-state index contributed by atoms with van der Waals surface area (Å²) in [5, 5.41) is 3.44. The van der Waals surface area contributed by atoms with Crippen LogP contribution in [0.15, 0.2) is 18.2 Å². The number of hydrogen-bond acceptors (Lipinski definition) is 2. The number of nitrogen functional groups attached to an aromatic ring is 1. The van der Waals surface area contributed by atoms with E-state index in [2.05, 4.69) is 5.32 Å². The van der Waals surface area contributed by atoms with Gasteiger partial charge in [0, 0.05) is 12.2 Å². The van der Waals surface area contributed by atoms with Crippen LogP contribution in [0.4, 0.5) is 5.69 Å². The van der Waals surface area contributed by atoms with Crippen LogP contribution in [0.3, 0.4) is 0 Å². The first-order chi connectivity index (χ1) is 9.16. The highest BCUT2D eigenvalue weighted by atomic mass is 35.5. The van der Waals surface area contributed by atoms with Gasteiger partial charge in [-0.25, -0.2) is 0 Å². The Balaban J connectivity index is 1.64. The van der Waals surface area contributed by atoms with E-state index in [0.29, 0.717) is 22.2 Å². The van der Waals surface area contributed by atoms with Crippen molar-refractivity contribution in [3.63, 3.8) is 0 Å². The topological polar surface area (TPSA) is 55.1 Å². The van der Waals surface area contributed by atoms with Gasteiger partial charge in [0.25, 0.3) is 5.91 Å². The molecule has 102 valence electrons. The van der Waals surface area contributed by atoms with E-state index in [1.807, 2.05) is 0 Å². The molecule has 2 aliphatic carbocycles. The fourth-order valence-electron chi connectivity index (χ4n) is 2.85. The molecule has 0 unspecified atom stereocenters. The molecule has 1 amide bonds. The van der Waals surface area contributed by atoms with Crippen molar-refractivity contribution in [1.29, 1.82) is 0 Å². The summed E-state index contributed by atoms with van der Waals surface area (Å²) in [5.41, 5.74) is 6.68. The van der Waals surface area contributed by atoms with Crippen molar-refractivity contribution in [1.82, 2.24) is 5.32 Å². The van der Waals surface area contributed by atoms with Crippen molar-refractivity contribution in [3.05, 3.63) is 28.8 Å². The van der Waals surface area contributed by atoms with Crippen molar-refractivity contribution >= 4 is 23.2 Å². The van der Waals surface area contributed by atoms with Gasteiger partial charge in [0.2, 0.25) is 0 Å². The molecule has 0 heterocycles. The van der Waals surface area contributed by atoms with E-state index in [1.54, 1.807) is 18.2 Å². The Labute approximate surface area is 118 Å². The third-order valence-electron chi connectivity index (χ3n) is 4.23. The van der Waals surface area contributed by atoms with E-state index in [9.17, 15) is 4.79 Å². The number of carbonyl (C=O) groups is 1. The van der Waals surface area contributed by atoms with E-state index in [-0.39, 0.29) is 5.91 Å². The Bertz CT molecular complexity index is 463. The maximum absolute atomic E-state index is 12.2. The molecule has 0 spiro atoms. The standard InChI is InChI=1S/C15H19ClN2O/c16-12-2-1-3-13(17)14(12)15(19)18-8-11(9-4-5-9)10-6-7-10/h1-3,9-11H,4-8,17H2,(H,18,19). The minimum absolute atomic E-state index is 0.144. The van der Waals surface area contributed by atoms with Gasteiger partial charge < -0.3 is 11.1 Å². The maximum Gasteiger partial charge on any atom is 0.254 e. The smallest absolute Gasteiger partial charge is 0.254 e. The Morgan fingerprint density at radius 2 is 1.95 bits per heavy atom. The monoisotopic (exact) mass is 278 g/mol. The van der Waals surface area contributed by atoms with Crippen molar-refractivity contribution in [2.24, 2.45) is 17.8 Å². The summed E-state index contributed by atoms with van der Waals surface area (Å²) < 4.78 is 0. The van der Waals surface area contributed by atoms with E-state index in [0.717, 1.165) is 18.4 Å². The molecular formula is C15H19ClN2O. The minimum atomic E-state index is -0.144. The number of hydrogen-bond donors (Lipinski definition) is 2. The lowest BCUT2D eigenvalue weighted by atomic mass is 9.98. The summed E-state index contributed by atoms with van der Waals surface area (Å²) in [4.78, 5) is 12.2. The molecule has 1 aromatic carbocycles. The van der Waals surface area contributed by atoms with Crippen LogP contribution in [0.5, 0.6) is 0 Å². The van der Waals surface area contributed by atoms with Crippen molar-refractivity contribution < 1.29 is 4.79 Å². The molecule has 4 heteroatoms. The van der Waals surface area contributed by atoms with Crippen LogP contribution in [-0.4, -0.2) is 12.5 Å². The van der Waals surface area contributed by atoms with E-state index < -0.39 is 0 Å². The summed E-state index contributed by atoms with van der Waals surface area (Å²) in [5.74, 6) is 2.18. The first kappa shape index (κ1) is 12.8. The lowest BCUT2D eigenvalue weighted by Crippen LogP contribution is -2.31. The first-order valence-corrected chi connectivity index (χ1v) is 7.37. The largest absolute Gasteiger partial charge is 0.398 e. The number of nitrogens with two attached hydrogens (primary N) is 1. The van der Waals surface area contributed by atoms with Crippen LogP contribution in [-0.2, 0) is 0 Å². The second-order valence-corrected chi connectivity index (χ2v) is 6.16. The van der Waals surface area contributed by atoms with Crippen LogP contribution in [0.2, 0.25) is 5.02 Å². The molecule has 2 aliphatic rings. The molecular weight excluding hydrogens is 260 g/mol. The summed E-state index contributed by atoms with van der Waals surface area (Å²) in [7, 11) is 0. The average Bonchev–Trinajstić information content (AvgIpc) is 3.24. The van der Waals surface area contributed by atoms with Crippen LogP contribution in [0, 0.1) is 17.8 Å². The van der Waals surface area contributed by atoms with Gasteiger partial charge in [-0.15, -0.1) is 0 Å². The van der Waals surface area contributed by atoms with Crippen LogP contribution >= 0.6 is 11.6 Å². The Morgan fingerprint density at radius 1 is 1.32 bits per heavy atom. The molecule has 3 N–H and O–H groups in total. The molecule has 0 radical (unpaired) electrons. The summed E-state index contributed by atoms with van der Waals surface area (Å²) >= 11 is 6.05. The predicted octanol–water partition coefficient (Wildman–Crippen LogP) is 3.09. The van der Waals surface area contributed by atoms with Gasteiger partial charge in [-0.1, -0.05) is 17.7 Å². The molecule has 3 nitrogen and oxygen atoms in total. The van der Waals surface area contributed by atoms with Gasteiger partial charge in [0.05, 0.1) is 10.6 Å². The van der Waals surface area contributed by atoms with Crippen LogP contribution in [0.1, 0.15) is 36.0 Å². The predicted molar refractivity (Wildman–Crippen MR) is 77.1 cm³/mol. The number of amides is 1. The lowest BCUT2D eigenvalue weighted by molar-refractivity contribution is 0.0944. The Hall–Kier alpha value is -1.22. The van der Waals surface area contributed by atoms with Gasteiger partial charge in [-0.3, -0.25) is 4.79 Å². The van der Waals surface area contributed by atoms with E-state index in [4.69, 9.17) is 17.3 Å². The number of nitrogens with one attached hydrogen (secondary N) is 1. The molecule has 0 aliphatic heterocycles. The van der Waals surface area contributed by atoms with Crippen molar-refractivity contribution in [2.45, 2.75) is 25.7 Å². The van der Waals surface area contributed by atoms with Crippen LogP contribution in [0.25, 0.3) is 0 Å². The molecule has 0 bridgehead atoms. The second-order valence-electron chi connectivity index (χ2n) is 5.75. The average molecular weight is 279 g/mol. The second kappa shape index (κ2) is 5.04. The SMILES string of the molecule is Nc1cccc(Cl)c1C(=O)NCC(C1CC1)C1CC1. The zero-order valence-corrected chi connectivity index (χ0v) is 11.6. The molecule has 3 rings (SSSR count). The molecule has 0 aromatic heterocycles. The third kappa shape index (κ3) is 2.86. The Kier molecular flexibility index (Phi) is 3.40. The Morgan fingerprint density at radius 3 is 2.47 bits per heavy atom. The van der Waals surface area contributed by atoms with Gasteiger partial charge in [-0.05, 0) is 55.6 Å². The highest BCUT2D eigenvalue weighted by Gasteiger charge is 2.41. The van der Waals surface area contributed by atoms with Gasteiger partial charge in [-0.2, -0.15) is 0 Å². The van der Waals surface area contributed by atoms with Gasteiger partial charge in [0.1, 0.15) is 0 Å². The highest BCUT2D eigenvalue weighted by Crippen LogP contribution is 2.48. The first-order valence-electron chi connectivity index (χ1n) is 6.99. The van der Waals surface area contributed by atoms with Gasteiger partial charge >= 0.3 is 0 Å². The van der Waals surface area contributed by atoms with E-state index in [1.165, 1.54) is 25.7 Å². The lowest BCUT2D eigenvalue weighted by Gasteiger charge is -2.17. The maximum atomic E-state index is 12.2. The minimum Gasteiger partial charge on any atom is -0.398 e. The molecule has 0 atom stereocenters. The number of anilines is 1. The number of carbonyl (C=O) groups excluding carboxylic acids is 1. The number of benzene rings is 1. The zero-order valence-electron chi connectivity index (χ0n) is 10.9. The molecule has 2 saturated carbocycles. The fourth-order valence-corrected chi connectivity index (χ4v) is 3.11. The number of rotatable bonds is 5.